The van der Waals surface area contributed by atoms with Gasteiger partial charge in [0.1, 0.15) is 12.4 Å². The van der Waals surface area contributed by atoms with E-state index in [1.807, 2.05) is 31.2 Å². The van der Waals surface area contributed by atoms with Crippen LogP contribution < -0.4 is 10.1 Å². The van der Waals surface area contributed by atoms with E-state index in [1.54, 1.807) is 18.2 Å². The molecule has 0 aliphatic carbocycles. The topological polar surface area (TPSA) is 92.1 Å². The smallest absolute Gasteiger partial charge is 0.286 e. The molecular formula is C19H19N3O3S. The zero-order valence-corrected chi connectivity index (χ0v) is 15.1. The van der Waals surface area contributed by atoms with Crippen molar-refractivity contribution in [2.45, 2.75) is 25.0 Å². The molecule has 1 saturated heterocycles. The van der Waals surface area contributed by atoms with Gasteiger partial charge in [-0.3, -0.25) is 25.3 Å². The molecule has 1 unspecified atom stereocenters. The third-order valence-corrected chi connectivity index (χ3v) is 4.95. The predicted molar refractivity (Wildman–Crippen MR) is 101 cm³/mol. The number of hydrogen-bond acceptors (Lipinski definition) is 6. The molecule has 2 N–H and O–H groups in total. The number of carbonyl (C=O) groups excluding carboxylic acids is 2. The molecule has 134 valence electrons. The molecule has 1 aliphatic rings. The third kappa shape index (κ3) is 4.49. The highest BCUT2D eigenvalue weighted by atomic mass is 32.2. The van der Waals surface area contributed by atoms with Crippen molar-refractivity contribution in [1.29, 1.82) is 5.41 Å². The highest BCUT2D eigenvalue weighted by Crippen LogP contribution is 2.23. The standard InChI is InChI=1S/C19H19N3O3S/c1-2-13-4-3-5-16(21-13)15(20)11-25-14-8-6-12(7-9-14)10-17-18(23)22-19(24)26-17/h3-9,17,20H,2,10-11H2,1H3,(H,22,23,24). The fourth-order valence-electron chi connectivity index (χ4n) is 2.54. The molecule has 2 aromatic rings. The maximum Gasteiger partial charge on any atom is 0.286 e. The molecule has 7 heteroatoms. The molecule has 3 rings (SSSR count). The van der Waals surface area contributed by atoms with Gasteiger partial charge in [0.05, 0.1) is 16.7 Å². The number of aryl methyl sites for hydroxylation is 1. The van der Waals surface area contributed by atoms with Crippen molar-refractivity contribution in [2.24, 2.45) is 0 Å². The number of hydrogen-bond donors (Lipinski definition) is 2. The van der Waals surface area contributed by atoms with Crippen molar-refractivity contribution in [3.05, 3.63) is 59.4 Å². The lowest BCUT2D eigenvalue weighted by molar-refractivity contribution is -0.118. The number of carbonyl (C=O) groups is 2. The van der Waals surface area contributed by atoms with Crippen molar-refractivity contribution >= 4 is 28.6 Å². The van der Waals surface area contributed by atoms with Crippen molar-refractivity contribution in [1.82, 2.24) is 10.3 Å². The van der Waals surface area contributed by atoms with Crippen molar-refractivity contribution < 1.29 is 14.3 Å². The summed E-state index contributed by atoms with van der Waals surface area (Å²) in [6.07, 6.45) is 1.32. The highest BCUT2D eigenvalue weighted by Gasteiger charge is 2.31. The average molecular weight is 369 g/mol. The van der Waals surface area contributed by atoms with Gasteiger partial charge in [-0.25, -0.2) is 0 Å². The summed E-state index contributed by atoms with van der Waals surface area (Å²) < 4.78 is 5.66. The highest BCUT2D eigenvalue weighted by molar-refractivity contribution is 8.15. The largest absolute Gasteiger partial charge is 0.487 e. The quantitative estimate of drug-likeness (QED) is 0.732. The van der Waals surface area contributed by atoms with Crippen LogP contribution in [-0.2, 0) is 17.6 Å². The maximum atomic E-state index is 11.6. The lowest BCUT2D eigenvalue weighted by atomic mass is 10.1. The Balaban J connectivity index is 1.55. The van der Waals surface area contributed by atoms with Gasteiger partial charge >= 0.3 is 0 Å². The molecule has 0 spiro atoms. The lowest BCUT2D eigenvalue weighted by Crippen LogP contribution is -2.25. The first-order valence-electron chi connectivity index (χ1n) is 8.32. The van der Waals surface area contributed by atoms with Crippen LogP contribution in [0.15, 0.2) is 42.5 Å². The Labute approximate surface area is 155 Å². The molecule has 26 heavy (non-hydrogen) atoms. The van der Waals surface area contributed by atoms with Gasteiger partial charge in [0.15, 0.2) is 0 Å². The van der Waals surface area contributed by atoms with E-state index in [-0.39, 0.29) is 23.0 Å². The number of aromatic nitrogens is 1. The molecule has 2 heterocycles. The summed E-state index contributed by atoms with van der Waals surface area (Å²) in [7, 11) is 0. The molecule has 2 amide bonds. The summed E-state index contributed by atoms with van der Waals surface area (Å²) in [4.78, 5) is 27.2. The van der Waals surface area contributed by atoms with Crippen LogP contribution in [0.4, 0.5) is 4.79 Å². The van der Waals surface area contributed by atoms with E-state index < -0.39 is 0 Å². The van der Waals surface area contributed by atoms with Gasteiger partial charge in [0.2, 0.25) is 5.91 Å². The lowest BCUT2D eigenvalue weighted by Gasteiger charge is -2.09. The van der Waals surface area contributed by atoms with Crippen molar-refractivity contribution in [2.75, 3.05) is 6.61 Å². The van der Waals surface area contributed by atoms with Gasteiger partial charge in [-0.15, -0.1) is 0 Å². The SMILES string of the molecule is CCc1cccc(C(=N)COc2ccc(CC3SC(=O)NC3=O)cc2)n1. The van der Waals surface area contributed by atoms with E-state index in [1.165, 1.54) is 0 Å². The van der Waals surface area contributed by atoms with Crippen LogP contribution in [-0.4, -0.2) is 33.7 Å². The van der Waals surface area contributed by atoms with Crippen LogP contribution in [0.5, 0.6) is 5.75 Å². The average Bonchev–Trinajstić information content (AvgIpc) is 2.97. The second kappa shape index (κ2) is 8.14. The number of pyridine rings is 1. The molecular weight excluding hydrogens is 350 g/mol. The van der Waals surface area contributed by atoms with E-state index in [9.17, 15) is 9.59 Å². The predicted octanol–water partition coefficient (Wildman–Crippen LogP) is 2.98. The second-order valence-electron chi connectivity index (χ2n) is 5.87. The Morgan fingerprint density at radius 1 is 1.23 bits per heavy atom. The first kappa shape index (κ1) is 18.1. The van der Waals surface area contributed by atoms with Gasteiger partial charge in [0.25, 0.3) is 5.24 Å². The summed E-state index contributed by atoms with van der Waals surface area (Å²) in [5, 5.41) is 9.73. The monoisotopic (exact) mass is 369 g/mol. The number of nitrogens with zero attached hydrogens (tertiary/aromatic N) is 1. The first-order chi connectivity index (χ1) is 12.5. The number of nitrogens with one attached hydrogen (secondary N) is 2. The number of imide groups is 1. The molecule has 1 aromatic heterocycles. The minimum absolute atomic E-state index is 0.134. The Morgan fingerprint density at radius 2 is 2.00 bits per heavy atom. The van der Waals surface area contributed by atoms with Crippen LogP contribution in [0.1, 0.15) is 23.9 Å². The number of ether oxygens (including phenoxy) is 1. The molecule has 0 bridgehead atoms. The molecule has 6 nitrogen and oxygen atoms in total. The first-order valence-corrected chi connectivity index (χ1v) is 9.20. The Morgan fingerprint density at radius 3 is 2.65 bits per heavy atom. The fraction of sp³-hybridized carbons (Fsp3) is 0.263. The molecule has 1 atom stereocenters. The van der Waals surface area contributed by atoms with Crippen molar-refractivity contribution in [3.8, 4) is 5.75 Å². The van der Waals surface area contributed by atoms with Gasteiger partial charge in [0, 0.05) is 5.69 Å². The van der Waals surface area contributed by atoms with Crippen LogP contribution in [0, 0.1) is 5.41 Å². The van der Waals surface area contributed by atoms with Gasteiger partial charge in [-0.1, -0.05) is 36.9 Å². The number of thioether (sulfide) groups is 1. The summed E-state index contributed by atoms with van der Waals surface area (Å²) in [5.41, 5.74) is 2.84. The van der Waals surface area contributed by atoms with E-state index in [0.717, 1.165) is 29.4 Å². The summed E-state index contributed by atoms with van der Waals surface area (Å²) in [5.74, 6) is 0.403. The molecule has 1 aromatic carbocycles. The molecule has 0 saturated carbocycles. The van der Waals surface area contributed by atoms with Crippen LogP contribution >= 0.6 is 11.8 Å². The van der Waals surface area contributed by atoms with Crippen molar-refractivity contribution in [3.63, 3.8) is 0 Å². The van der Waals surface area contributed by atoms with Gasteiger partial charge in [-0.2, -0.15) is 0 Å². The minimum atomic E-state index is -0.376. The van der Waals surface area contributed by atoms with E-state index in [0.29, 0.717) is 23.6 Å². The summed E-state index contributed by atoms with van der Waals surface area (Å²) in [6, 6.07) is 13.0. The summed E-state index contributed by atoms with van der Waals surface area (Å²) in [6.45, 7) is 2.16. The Kier molecular flexibility index (Phi) is 5.68. The number of amides is 2. The van der Waals surface area contributed by atoms with E-state index in [2.05, 4.69) is 10.3 Å². The molecule has 1 aliphatic heterocycles. The molecule has 1 fully saturated rings. The number of rotatable bonds is 7. The van der Waals surface area contributed by atoms with E-state index in [4.69, 9.17) is 10.1 Å². The van der Waals surface area contributed by atoms with Crippen LogP contribution in [0.2, 0.25) is 0 Å². The Bertz CT molecular complexity index is 836. The zero-order chi connectivity index (χ0) is 18.5. The van der Waals surface area contributed by atoms with Gasteiger partial charge < -0.3 is 4.74 Å². The Hall–Kier alpha value is -2.67. The van der Waals surface area contributed by atoms with Crippen LogP contribution in [0.3, 0.4) is 0 Å². The normalized spacial score (nSPS) is 16.4. The third-order valence-electron chi connectivity index (χ3n) is 3.97. The molecule has 0 radical (unpaired) electrons. The summed E-state index contributed by atoms with van der Waals surface area (Å²) >= 11 is 1.02. The number of benzene rings is 1. The maximum absolute atomic E-state index is 11.6. The van der Waals surface area contributed by atoms with E-state index >= 15 is 0 Å². The van der Waals surface area contributed by atoms with Crippen LogP contribution in [0.25, 0.3) is 0 Å². The minimum Gasteiger partial charge on any atom is -0.487 e. The fourth-order valence-corrected chi connectivity index (χ4v) is 3.40. The second-order valence-corrected chi connectivity index (χ2v) is 7.04. The zero-order valence-electron chi connectivity index (χ0n) is 14.3. The van der Waals surface area contributed by atoms with Gasteiger partial charge in [-0.05, 0) is 42.7 Å².